The Morgan fingerprint density at radius 3 is 2.60 bits per heavy atom. The lowest BCUT2D eigenvalue weighted by Crippen LogP contribution is -2.04. The van der Waals surface area contributed by atoms with Crippen molar-refractivity contribution in [3.63, 3.8) is 0 Å². The van der Waals surface area contributed by atoms with E-state index in [1.165, 1.54) is 0 Å². The Labute approximate surface area is 88.7 Å². The molecule has 0 atom stereocenters. The van der Waals surface area contributed by atoms with Gasteiger partial charge in [0.25, 0.3) is 0 Å². The molecule has 0 unspecified atom stereocenters. The predicted octanol–water partition coefficient (Wildman–Crippen LogP) is 1.57. The summed E-state index contributed by atoms with van der Waals surface area (Å²) < 4.78 is 3.87. The molecule has 80 valence electrons. The number of nitrogens with zero attached hydrogens (tertiary/aromatic N) is 5. The van der Waals surface area contributed by atoms with Gasteiger partial charge in [0.15, 0.2) is 5.82 Å². The van der Waals surface area contributed by atoms with Gasteiger partial charge in [-0.1, -0.05) is 0 Å². The lowest BCUT2D eigenvalue weighted by atomic mass is 10.3. The van der Waals surface area contributed by atoms with Crippen molar-refractivity contribution in [1.82, 2.24) is 24.5 Å². The minimum atomic E-state index is 0.352. The summed E-state index contributed by atoms with van der Waals surface area (Å²) in [6.45, 7) is 6.19. The monoisotopic (exact) mass is 205 g/mol. The van der Waals surface area contributed by atoms with Crippen molar-refractivity contribution >= 4 is 0 Å². The molecule has 0 saturated heterocycles. The van der Waals surface area contributed by atoms with Crippen LogP contribution in [0.3, 0.4) is 0 Å². The van der Waals surface area contributed by atoms with Crippen molar-refractivity contribution in [3.05, 3.63) is 18.1 Å². The van der Waals surface area contributed by atoms with Crippen LogP contribution in [0, 0.1) is 6.92 Å². The first-order valence-corrected chi connectivity index (χ1v) is 5.00. The quantitative estimate of drug-likeness (QED) is 0.747. The zero-order chi connectivity index (χ0) is 11.0. The maximum Gasteiger partial charge on any atom is 0.182 e. The third kappa shape index (κ3) is 1.65. The highest BCUT2D eigenvalue weighted by atomic mass is 15.3. The maximum atomic E-state index is 4.30. The van der Waals surface area contributed by atoms with Crippen LogP contribution in [0.1, 0.15) is 25.6 Å². The molecule has 2 aromatic heterocycles. The molecule has 0 amide bonds. The molecular formula is C10H15N5. The number of hydrogen-bond acceptors (Lipinski definition) is 3. The zero-order valence-electron chi connectivity index (χ0n) is 9.47. The first kappa shape index (κ1) is 9.89. The fourth-order valence-electron chi connectivity index (χ4n) is 1.62. The zero-order valence-corrected chi connectivity index (χ0v) is 9.47. The van der Waals surface area contributed by atoms with Gasteiger partial charge in [0, 0.05) is 13.1 Å². The molecule has 2 rings (SSSR count). The first-order chi connectivity index (χ1) is 7.09. The third-order valence-corrected chi connectivity index (χ3v) is 2.36. The van der Waals surface area contributed by atoms with Crippen LogP contribution < -0.4 is 0 Å². The van der Waals surface area contributed by atoms with Crippen molar-refractivity contribution in [3.8, 4) is 11.5 Å². The van der Waals surface area contributed by atoms with Gasteiger partial charge in [-0.25, -0.2) is 0 Å². The molecule has 0 aliphatic carbocycles. The fraction of sp³-hybridized carbons (Fsp3) is 0.500. The smallest absolute Gasteiger partial charge is 0.182 e. The van der Waals surface area contributed by atoms with Crippen LogP contribution in [0.5, 0.6) is 0 Å². The molecule has 2 aromatic rings. The Morgan fingerprint density at radius 2 is 2.07 bits per heavy atom. The SMILES string of the molecule is Cc1cc(-c2nncn2C(C)C)n(C)n1. The summed E-state index contributed by atoms with van der Waals surface area (Å²) in [6, 6.07) is 2.37. The van der Waals surface area contributed by atoms with Gasteiger partial charge in [0.1, 0.15) is 12.0 Å². The maximum absolute atomic E-state index is 4.30. The van der Waals surface area contributed by atoms with E-state index in [1.54, 1.807) is 6.33 Å². The molecule has 0 radical (unpaired) electrons. The molecule has 0 aliphatic rings. The Kier molecular flexibility index (Phi) is 2.30. The van der Waals surface area contributed by atoms with Crippen LogP contribution in [0.15, 0.2) is 12.4 Å². The second-order valence-electron chi connectivity index (χ2n) is 3.95. The number of hydrogen-bond donors (Lipinski definition) is 0. The van der Waals surface area contributed by atoms with E-state index in [4.69, 9.17) is 0 Å². The minimum Gasteiger partial charge on any atom is -0.310 e. The molecule has 0 aromatic carbocycles. The molecule has 0 spiro atoms. The van der Waals surface area contributed by atoms with E-state index in [0.717, 1.165) is 17.2 Å². The van der Waals surface area contributed by atoms with Gasteiger partial charge in [0.2, 0.25) is 0 Å². The minimum absolute atomic E-state index is 0.352. The lowest BCUT2D eigenvalue weighted by molar-refractivity contribution is 0.599. The van der Waals surface area contributed by atoms with Gasteiger partial charge in [-0.2, -0.15) is 5.10 Å². The second kappa shape index (κ2) is 3.49. The molecule has 0 bridgehead atoms. The largest absolute Gasteiger partial charge is 0.310 e. The Hall–Kier alpha value is -1.65. The van der Waals surface area contributed by atoms with Gasteiger partial charge in [0.05, 0.1) is 5.69 Å². The van der Waals surface area contributed by atoms with E-state index >= 15 is 0 Å². The molecule has 2 heterocycles. The van der Waals surface area contributed by atoms with E-state index in [2.05, 4.69) is 29.1 Å². The number of aryl methyl sites for hydroxylation is 2. The average molecular weight is 205 g/mol. The number of rotatable bonds is 2. The highest BCUT2D eigenvalue weighted by Crippen LogP contribution is 2.19. The average Bonchev–Trinajstić information content (AvgIpc) is 2.71. The summed E-state index contributed by atoms with van der Waals surface area (Å²) in [5.41, 5.74) is 1.99. The standard InChI is InChI=1S/C10H15N5/c1-7(2)15-6-11-12-10(15)9-5-8(3)13-14(9)4/h5-7H,1-4H3. The Balaban J connectivity index is 2.54. The summed E-state index contributed by atoms with van der Waals surface area (Å²) >= 11 is 0. The van der Waals surface area contributed by atoms with Crippen LogP contribution in [0.25, 0.3) is 11.5 Å². The summed E-state index contributed by atoms with van der Waals surface area (Å²) in [7, 11) is 1.92. The highest BCUT2D eigenvalue weighted by Gasteiger charge is 2.13. The van der Waals surface area contributed by atoms with E-state index < -0.39 is 0 Å². The van der Waals surface area contributed by atoms with Crippen molar-refractivity contribution in [2.75, 3.05) is 0 Å². The van der Waals surface area contributed by atoms with Gasteiger partial charge in [-0.15, -0.1) is 10.2 Å². The molecule has 15 heavy (non-hydrogen) atoms. The third-order valence-electron chi connectivity index (χ3n) is 2.36. The van der Waals surface area contributed by atoms with Crippen LogP contribution in [0.2, 0.25) is 0 Å². The Morgan fingerprint density at radius 1 is 1.33 bits per heavy atom. The summed E-state index contributed by atoms with van der Waals surface area (Å²) in [6.07, 6.45) is 1.75. The van der Waals surface area contributed by atoms with Crippen LogP contribution in [-0.2, 0) is 7.05 Å². The lowest BCUT2D eigenvalue weighted by Gasteiger charge is -2.09. The van der Waals surface area contributed by atoms with E-state index in [-0.39, 0.29) is 0 Å². The topological polar surface area (TPSA) is 48.5 Å². The van der Waals surface area contributed by atoms with E-state index in [1.807, 2.05) is 29.3 Å². The second-order valence-corrected chi connectivity index (χ2v) is 3.95. The van der Waals surface area contributed by atoms with Crippen molar-refractivity contribution in [2.45, 2.75) is 26.8 Å². The van der Waals surface area contributed by atoms with Gasteiger partial charge in [-0.3, -0.25) is 4.68 Å². The van der Waals surface area contributed by atoms with Crippen molar-refractivity contribution in [2.24, 2.45) is 7.05 Å². The molecule has 0 saturated carbocycles. The first-order valence-electron chi connectivity index (χ1n) is 5.00. The molecule has 5 heteroatoms. The molecule has 0 aliphatic heterocycles. The summed E-state index contributed by atoms with van der Waals surface area (Å²) in [4.78, 5) is 0. The molecule has 0 N–H and O–H groups in total. The highest BCUT2D eigenvalue weighted by molar-refractivity contribution is 5.50. The number of aromatic nitrogens is 5. The van der Waals surface area contributed by atoms with E-state index in [9.17, 15) is 0 Å². The van der Waals surface area contributed by atoms with Crippen molar-refractivity contribution in [1.29, 1.82) is 0 Å². The van der Waals surface area contributed by atoms with Gasteiger partial charge >= 0.3 is 0 Å². The van der Waals surface area contributed by atoms with Crippen LogP contribution >= 0.6 is 0 Å². The van der Waals surface area contributed by atoms with Gasteiger partial charge < -0.3 is 4.57 Å². The predicted molar refractivity (Wildman–Crippen MR) is 57.3 cm³/mol. The summed E-state index contributed by atoms with van der Waals surface area (Å²) in [5.74, 6) is 0.869. The van der Waals surface area contributed by atoms with Crippen LogP contribution in [-0.4, -0.2) is 24.5 Å². The van der Waals surface area contributed by atoms with E-state index in [0.29, 0.717) is 6.04 Å². The Bertz CT molecular complexity index is 466. The normalized spacial score (nSPS) is 11.3. The van der Waals surface area contributed by atoms with Gasteiger partial charge in [-0.05, 0) is 26.8 Å². The fourth-order valence-corrected chi connectivity index (χ4v) is 1.62. The summed E-state index contributed by atoms with van der Waals surface area (Å²) in [5, 5.41) is 12.4. The van der Waals surface area contributed by atoms with Crippen molar-refractivity contribution < 1.29 is 0 Å². The molecular weight excluding hydrogens is 190 g/mol. The van der Waals surface area contributed by atoms with Crippen LogP contribution in [0.4, 0.5) is 0 Å². The molecule has 0 fully saturated rings. The molecule has 5 nitrogen and oxygen atoms in total.